The van der Waals surface area contributed by atoms with E-state index in [0.29, 0.717) is 5.75 Å². The van der Waals surface area contributed by atoms with Gasteiger partial charge in [0.25, 0.3) is 0 Å². The van der Waals surface area contributed by atoms with Crippen molar-refractivity contribution in [1.82, 2.24) is 0 Å². The molecule has 0 aliphatic rings. The fourth-order valence-electron chi connectivity index (χ4n) is 0.838. The van der Waals surface area contributed by atoms with Crippen molar-refractivity contribution in [1.29, 1.82) is 0 Å². The van der Waals surface area contributed by atoms with Crippen LogP contribution >= 0.6 is 0 Å². The summed E-state index contributed by atoms with van der Waals surface area (Å²) in [5, 5.41) is 10.1. The summed E-state index contributed by atoms with van der Waals surface area (Å²) >= 11 is -0.295. The molecule has 0 fully saturated rings. The van der Waals surface area contributed by atoms with Crippen molar-refractivity contribution in [2.45, 2.75) is 5.21 Å². The van der Waals surface area contributed by atoms with Crippen LogP contribution in [0.25, 0.3) is 0 Å². The minimum atomic E-state index is -0.295. The van der Waals surface area contributed by atoms with Crippen molar-refractivity contribution >= 4 is 21.9 Å². The number of para-hydroxylation sites is 1. The van der Waals surface area contributed by atoms with E-state index < -0.39 is 0 Å². The maximum atomic E-state index is 9.38. The number of nitrogens with two attached hydrogens (primary N) is 2. The van der Waals surface area contributed by atoms with Gasteiger partial charge >= 0.3 is 83.2 Å². The zero-order valence-electron chi connectivity index (χ0n) is 7.01. The first-order chi connectivity index (χ1) is 6.20. The van der Waals surface area contributed by atoms with Gasteiger partial charge < -0.3 is 0 Å². The Bertz CT molecular complexity index is 310. The number of hydrogen-bond donors (Lipinski definition) is 3. The number of rotatable bonds is 3. The van der Waals surface area contributed by atoms with Gasteiger partial charge in [0.05, 0.1) is 0 Å². The molecule has 1 aromatic carbocycles. The summed E-state index contributed by atoms with van der Waals surface area (Å²) in [5.74, 6) is 0.430. The molecule has 0 unspecified atom stereocenters. The van der Waals surface area contributed by atoms with E-state index in [2.05, 4.69) is 3.91 Å². The van der Waals surface area contributed by atoms with Crippen molar-refractivity contribution < 1.29 is 5.11 Å². The average molecular weight is 240 g/mol. The molecule has 0 heterocycles. The molecule has 0 saturated heterocycles. The van der Waals surface area contributed by atoms with E-state index in [-0.39, 0.29) is 21.9 Å². The summed E-state index contributed by atoms with van der Waals surface area (Å²) < 4.78 is 3.92. The summed E-state index contributed by atoms with van der Waals surface area (Å²) in [6.45, 7) is 0. The molecular formula is C8H11AsN3O. The van der Waals surface area contributed by atoms with Crippen molar-refractivity contribution in [3.63, 3.8) is 0 Å². The molecule has 4 nitrogen and oxygen atoms in total. The van der Waals surface area contributed by atoms with Gasteiger partial charge in [-0.05, 0) is 0 Å². The predicted octanol–water partition coefficient (Wildman–Crippen LogP) is -0.215. The number of phenols is 1. The van der Waals surface area contributed by atoms with Crippen LogP contribution in [0.15, 0.2) is 28.2 Å². The molecule has 5 N–H and O–H groups in total. The summed E-state index contributed by atoms with van der Waals surface area (Å²) in [6.07, 6.45) is 0. The zero-order valence-corrected chi connectivity index (χ0v) is 8.89. The van der Waals surface area contributed by atoms with E-state index in [0.717, 1.165) is 10.8 Å². The molecule has 0 spiro atoms. The Morgan fingerprint density at radius 2 is 2.08 bits per heavy atom. The van der Waals surface area contributed by atoms with Gasteiger partial charge in [0.15, 0.2) is 0 Å². The standard InChI is InChI=1S/C8H11AsN3O/c10-8(11)12-9-5-6-3-1-2-4-7(6)13/h1-4,13H,5H2,(H4,10,11,12). The molecule has 5 heteroatoms. The third kappa shape index (κ3) is 3.38. The third-order valence-corrected chi connectivity index (χ3v) is 3.21. The Labute approximate surface area is 83.6 Å². The summed E-state index contributed by atoms with van der Waals surface area (Å²) in [6, 6.07) is 7.20. The van der Waals surface area contributed by atoms with Crippen LogP contribution in [-0.2, 0) is 5.21 Å². The number of aromatic hydroxyl groups is 1. The van der Waals surface area contributed by atoms with Crippen LogP contribution in [0.2, 0.25) is 0 Å². The first-order valence-corrected chi connectivity index (χ1v) is 5.89. The Balaban J connectivity index is 2.55. The molecule has 0 aliphatic carbocycles. The second-order valence-corrected chi connectivity index (χ2v) is 4.13. The predicted molar refractivity (Wildman–Crippen MR) is 53.4 cm³/mol. The number of phenolic OH excluding ortho intramolecular Hbond substituents is 1. The molecule has 1 rings (SSSR count). The van der Waals surface area contributed by atoms with Gasteiger partial charge in [-0.25, -0.2) is 0 Å². The summed E-state index contributed by atoms with van der Waals surface area (Å²) in [5.41, 5.74) is 11.3. The van der Waals surface area contributed by atoms with Crippen molar-refractivity contribution in [2.24, 2.45) is 15.4 Å². The van der Waals surface area contributed by atoms with Gasteiger partial charge in [0.2, 0.25) is 0 Å². The molecular weight excluding hydrogens is 229 g/mol. The van der Waals surface area contributed by atoms with Gasteiger partial charge in [-0.1, -0.05) is 0 Å². The maximum absolute atomic E-state index is 9.38. The third-order valence-electron chi connectivity index (χ3n) is 1.42. The molecule has 13 heavy (non-hydrogen) atoms. The van der Waals surface area contributed by atoms with E-state index in [1.807, 2.05) is 12.1 Å². The Kier molecular flexibility index (Phi) is 3.65. The van der Waals surface area contributed by atoms with E-state index in [9.17, 15) is 5.11 Å². The van der Waals surface area contributed by atoms with Crippen molar-refractivity contribution in [3.05, 3.63) is 29.8 Å². The number of nitrogens with zero attached hydrogens (tertiary/aromatic N) is 1. The first-order valence-electron chi connectivity index (χ1n) is 3.72. The van der Waals surface area contributed by atoms with E-state index in [1.165, 1.54) is 0 Å². The van der Waals surface area contributed by atoms with Gasteiger partial charge in [0, 0.05) is 0 Å². The molecule has 0 bridgehead atoms. The monoisotopic (exact) mass is 240 g/mol. The Hall–Kier alpha value is -1.15. The van der Waals surface area contributed by atoms with Crippen LogP contribution in [-0.4, -0.2) is 27.0 Å². The normalized spacial score (nSPS) is 10.5. The zero-order chi connectivity index (χ0) is 9.68. The fraction of sp³-hybridized carbons (Fsp3) is 0.125. The molecule has 0 amide bonds. The average Bonchev–Trinajstić information content (AvgIpc) is 2.08. The van der Waals surface area contributed by atoms with Gasteiger partial charge in [-0.2, -0.15) is 0 Å². The first kappa shape index (κ1) is 9.93. The molecule has 0 aromatic heterocycles. The van der Waals surface area contributed by atoms with Crippen molar-refractivity contribution in [3.8, 4) is 5.75 Å². The van der Waals surface area contributed by atoms with E-state index in [4.69, 9.17) is 11.5 Å². The molecule has 0 saturated carbocycles. The van der Waals surface area contributed by atoms with Gasteiger partial charge in [0.1, 0.15) is 0 Å². The fourth-order valence-corrected chi connectivity index (χ4v) is 2.21. The summed E-state index contributed by atoms with van der Waals surface area (Å²) in [4.78, 5) is 0. The Morgan fingerprint density at radius 1 is 1.38 bits per heavy atom. The molecule has 0 aliphatic heterocycles. The Morgan fingerprint density at radius 3 is 2.69 bits per heavy atom. The van der Waals surface area contributed by atoms with Crippen LogP contribution in [0.4, 0.5) is 0 Å². The SMILES string of the molecule is NC(N)=N[As]Cc1ccccc1O. The number of benzene rings is 1. The van der Waals surface area contributed by atoms with Crippen LogP contribution < -0.4 is 11.5 Å². The van der Waals surface area contributed by atoms with E-state index in [1.54, 1.807) is 12.1 Å². The number of hydrogen-bond acceptors (Lipinski definition) is 2. The number of guanidine groups is 1. The molecule has 1 radical (unpaired) electrons. The summed E-state index contributed by atoms with van der Waals surface area (Å²) in [7, 11) is 0. The van der Waals surface area contributed by atoms with Gasteiger partial charge in [-0.15, -0.1) is 0 Å². The van der Waals surface area contributed by atoms with Crippen LogP contribution in [0, 0.1) is 0 Å². The van der Waals surface area contributed by atoms with Crippen LogP contribution in [0.1, 0.15) is 5.56 Å². The molecule has 0 atom stereocenters. The van der Waals surface area contributed by atoms with Crippen LogP contribution in [0.3, 0.4) is 0 Å². The van der Waals surface area contributed by atoms with Crippen molar-refractivity contribution in [2.75, 3.05) is 0 Å². The van der Waals surface area contributed by atoms with Gasteiger partial charge in [-0.3, -0.25) is 0 Å². The second kappa shape index (κ2) is 4.77. The second-order valence-electron chi connectivity index (χ2n) is 2.45. The molecule has 1 aromatic rings. The van der Waals surface area contributed by atoms with Crippen LogP contribution in [0.5, 0.6) is 5.75 Å². The quantitative estimate of drug-likeness (QED) is 0.388. The minimum absolute atomic E-state index is 0.121. The van der Waals surface area contributed by atoms with E-state index >= 15 is 0 Å². The molecule has 69 valence electrons. The topological polar surface area (TPSA) is 84.6 Å².